The van der Waals surface area contributed by atoms with Gasteiger partial charge in [0, 0.05) is 25.8 Å². The number of aromatic nitrogens is 1. The molecule has 0 aromatic carbocycles. The topological polar surface area (TPSA) is 51.7 Å². The molecule has 1 fully saturated rings. The Hall–Kier alpha value is -1.53. The third-order valence-corrected chi connectivity index (χ3v) is 3.19. The van der Waals surface area contributed by atoms with Crippen molar-refractivity contribution in [3.8, 4) is 0 Å². The van der Waals surface area contributed by atoms with Crippen LogP contribution in [0.2, 0.25) is 0 Å². The zero-order valence-electron chi connectivity index (χ0n) is 12.4. The Labute approximate surface area is 124 Å². The monoisotopic (exact) mass is 296 g/mol. The molecule has 0 spiro atoms. The summed E-state index contributed by atoms with van der Waals surface area (Å²) in [5.41, 5.74) is 0.116. The molecule has 0 unspecified atom stereocenters. The highest BCUT2D eigenvalue weighted by Gasteiger charge is 2.22. The van der Waals surface area contributed by atoms with E-state index in [9.17, 15) is 9.18 Å². The molecule has 1 aromatic rings. The molecule has 1 saturated heterocycles. The molecule has 1 atom stereocenters. The third-order valence-electron chi connectivity index (χ3n) is 3.19. The van der Waals surface area contributed by atoms with Crippen LogP contribution >= 0.6 is 0 Å². The van der Waals surface area contributed by atoms with Crippen molar-refractivity contribution >= 4 is 5.97 Å². The van der Waals surface area contributed by atoms with Gasteiger partial charge >= 0.3 is 5.97 Å². The maximum absolute atomic E-state index is 13.0. The Morgan fingerprint density at radius 3 is 3.10 bits per heavy atom. The van der Waals surface area contributed by atoms with E-state index in [2.05, 4.69) is 23.7 Å². The van der Waals surface area contributed by atoms with Crippen molar-refractivity contribution < 1.29 is 18.7 Å². The number of carbonyl (C=O) groups is 1. The molecule has 116 valence electrons. The average Bonchev–Trinajstić information content (AvgIpc) is 2.44. The lowest BCUT2D eigenvalue weighted by atomic mass is 10.2. The minimum atomic E-state index is -0.577. The van der Waals surface area contributed by atoms with Crippen molar-refractivity contribution in [3.63, 3.8) is 0 Å². The summed E-state index contributed by atoms with van der Waals surface area (Å²) in [6.45, 7) is 7.79. The fraction of sp³-hybridized carbons (Fsp3) is 0.600. The van der Waals surface area contributed by atoms with E-state index in [1.165, 1.54) is 6.20 Å². The lowest BCUT2D eigenvalue weighted by molar-refractivity contribution is -0.0612. The van der Waals surface area contributed by atoms with Gasteiger partial charge in [0.1, 0.15) is 18.5 Å². The quantitative estimate of drug-likeness (QED) is 0.775. The van der Waals surface area contributed by atoms with Gasteiger partial charge in [-0.1, -0.05) is 13.8 Å². The van der Waals surface area contributed by atoms with Gasteiger partial charge in [-0.15, -0.1) is 0 Å². The van der Waals surface area contributed by atoms with E-state index >= 15 is 0 Å². The van der Waals surface area contributed by atoms with Crippen molar-refractivity contribution in [2.24, 2.45) is 5.92 Å². The lowest BCUT2D eigenvalue weighted by Gasteiger charge is -2.33. The molecule has 21 heavy (non-hydrogen) atoms. The van der Waals surface area contributed by atoms with Crippen LogP contribution in [0.5, 0.6) is 0 Å². The number of carbonyl (C=O) groups excluding carboxylic acids is 1. The summed E-state index contributed by atoms with van der Waals surface area (Å²) in [7, 11) is 0. The molecule has 0 N–H and O–H groups in total. The summed E-state index contributed by atoms with van der Waals surface area (Å²) in [6, 6.07) is 1.11. The van der Waals surface area contributed by atoms with Gasteiger partial charge in [0.05, 0.1) is 18.4 Å². The first-order valence-corrected chi connectivity index (χ1v) is 7.16. The number of esters is 1. The molecular weight excluding hydrogens is 275 g/mol. The summed E-state index contributed by atoms with van der Waals surface area (Å²) in [6.07, 6.45) is 2.20. The first-order valence-electron chi connectivity index (χ1n) is 7.16. The zero-order chi connectivity index (χ0) is 15.2. The fourth-order valence-electron chi connectivity index (χ4n) is 2.34. The Balaban J connectivity index is 1.81. The van der Waals surface area contributed by atoms with Gasteiger partial charge in [0.15, 0.2) is 0 Å². The van der Waals surface area contributed by atoms with Crippen LogP contribution < -0.4 is 0 Å². The molecule has 1 aromatic heterocycles. The fourth-order valence-corrected chi connectivity index (χ4v) is 2.34. The molecule has 6 heteroatoms. The van der Waals surface area contributed by atoms with Crippen molar-refractivity contribution in [1.29, 1.82) is 0 Å². The number of pyridine rings is 1. The van der Waals surface area contributed by atoms with Gasteiger partial charge in [0.25, 0.3) is 0 Å². The first-order chi connectivity index (χ1) is 10.0. The number of hydrogen-bond donors (Lipinski definition) is 0. The van der Waals surface area contributed by atoms with Crippen LogP contribution in [0, 0.1) is 11.7 Å². The van der Waals surface area contributed by atoms with E-state index < -0.39 is 11.8 Å². The van der Waals surface area contributed by atoms with E-state index in [0.717, 1.165) is 31.9 Å². The predicted octanol–water partition coefficient (Wildman–Crippen LogP) is 1.73. The maximum atomic E-state index is 13.0. The predicted molar refractivity (Wildman–Crippen MR) is 75.5 cm³/mol. The minimum Gasteiger partial charge on any atom is -0.459 e. The highest BCUT2D eigenvalue weighted by molar-refractivity contribution is 5.88. The van der Waals surface area contributed by atoms with Gasteiger partial charge < -0.3 is 9.47 Å². The van der Waals surface area contributed by atoms with Gasteiger partial charge in [0.2, 0.25) is 0 Å². The molecular formula is C15H21FN2O3. The molecule has 1 aliphatic rings. The Morgan fingerprint density at radius 1 is 1.57 bits per heavy atom. The summed E-state index contributed by atoms with van der Waals surface area (Å²) in [5.74, 6) is -0.544. The molecule has 2 rings (SSSR count). The highest BCUT2D eigenvalue weighted by atomic mass is 19.1. The van der Waals surface area contributed by atoms with Crippen LogP contribution in [0.1, 0.15) is 24.2 Å². The van der Waals surface area contributed by atoms with Crippen molar-refractivity contribution in [3.05, 3.63) is 29.8 Å². The minimum absolute atomic E-state index is 0.116. The second-order valence-electron chi connectivity index (χ2n) is 5.64. The van der Waals surface area contributed by atoms with Crippen molar-refractivity contribution in [2.75, 3.05) is 32.8 Å². The number of morpholine rings is 1. The average molecular weight is 296 g/mol. The smallest absolute Gasteiger partial charge is 0.339 e. The van der Waals surface area contributed by atoms with E-state index in [-0.39, 0.29) is 18.3 Å². The SMILES string of the molecule is CC(C)CN1CCO[C@H](COC(=O)c2cncc(F)c2)C1. The number of hydrogen-bond acceptors (Lipinski definition) is 5. The van der Waals surface area contributed by atoms with Crippen molar-refractivity contribution in [2.45, 2.75) is 20.0 Å². The second kappa shape index (κ2) is 7.47. The first kappa shape index (κ1) is 15.9. The molecule has 5 nitrogen and oxygen atoms in total. The van der Waals surface area contributed by atoms with E-state index in [1.807, 2.05) is 0 Å². The summed E-state index contributed by atoms with van der Waals surface area (Å²) in [5, 5.41) is 0. The molecule has 0 aliphatic carbocycles. The van der Waals surface area contributed by atoms with Crippen LogP contribution in [0.15, 0.2) is 18.5 Å². The summed E-state index contributed by atoms with van der Waals surface area (Å²) < 4.78 is 23.8. The Morgan fingerprint density at radius 2 is 2.38 bits per heavy atom. The van der Waals surface area contributed by atoms with Gasteiger partial charge in [-0.05, 0) is 12.0 Å². The number of rotatable bonds is 5. The summed E-state index contributed by atoms with van der Waals surface area (Å²) >= 11 is 0. The molecule has 2 heterocycles. The number of nitrogens with zero attached hydrogens (tertiary/aromatic N) is 2. The second-order valence-corrected chi connectivity index (χ2v) is 5.64. The number of ether oxygens (including phenoxy) is 2. The van der Waals surface area contributed by atoms with Crippen LogP contribution in [0.3, 0.4) is 0 Å². The van der Waals surface area contributed by atoms with Crippen LogP contribution in [0.4, 0.5) is 4.39 Å². The highest BCUT2D eigenvalue weighted by Crippen LogP contribution is 2.10. The molecule has 0 bridgehead atoms. The zero-order valence-corrected chi connectivity index (χ0v) is 12.4. The standard InChI is InChI=1S/C15H21FN2O3/c1-11(2)8-18-3-4-20-14(9-18)10-21-15(19)12-5-13(16)7-17-6-12/h5-7,11,14H,3-4,8-10H2,1-2H3/t14-/m0/s1. The third kappa shape index (κ3) is 5.06. The Kier molecular flexibility index (Phi) is 5.64. The van der Waals surface area contributed by atoms with Crippen molar-refractivity contribution in [1.82, 2.24) is 9.88 Å². The number of halogens is 1. The molecule has 0 radical (unpaired) electrons. The summed E-state index contributed by atoms with van der Waals surface area (Å²) in [4.78, 5) is 17.7. The van der Waals surface area contributed by atoms with Gasteiger partial charge in [-0.2, -0.15) is 0 Å². The van der Waals surface area contributed by atoms with Gasteiger partial charge in [-0.3, -0.25) is 9.88 Å². The molecule has 0 saturated carbocycles. The van der Waals surface area contributed by atoms with Crippen LogP contribution in [-0.4, -0.2) is 54.8 Å². The van der Waals surface area contributed by atoms with E-state index in [0.29, 0.717) is 12.5 Å². The molecule has 0 amide bonds. The van der Waals surface area contributed by atoms with Crippen LogP contribution in [-0.2, 0) is 9.47 Å². The Bertz CT molecular complexity index is 482. The van der Waals surface area contributed by atoms with Crippen LogP contribution in [0.25, 0.3) is 0 Å². The largest absolute Gasteiger partial charge is 0.459 e. The van der Waals surface area contributed by atoms with Gasteiger partial charge in [-0.25, -0.2) is 9.18 Å². The maximum Gasteiger partial charge on any atom is 0.339 e. The normalized spacial score (nSPS) is 19.7. The lowest BCUT2D eigenvalue weighted by Crippen LogP contribution is -2.45. The van der Waals surface area contributed by atoms with E-state index in [4.69, 9.17) is 9.47 Å². The van der Waals surface area contributed by atoms with E-state index in [1.54, 1.807) is 0 Å². The molecule has 1 aliphatic heterocycles.